The predicted molar refractivity (Wildman–Crippen MR) is 107 cm³/mol. The normalized spacial score (nSPS) is 17.3. The monoisotopic (exact) mass is 417 g/mol. The SMILES string of the molecule is CC(=O)O[C@H](CCOS(=O)(=O)c1ccc(C)cc1)[C@@H]1COC(c2ccccc2)=N1. The molecule has 0 bridgehead atoms. The lowest BCUT2D eigenvalue weighted by molar-refractivity contribution is -0.148. The van der Waals surface area contributed by atoms with Crippen molar-refractivity contribution < 1.29 is 26.9 Å². The summed E-state index contributed by atoms with van der Waals surface area (Å²) in [6, 6.07) is 15.4. The number of rotatable bonds is 8. The van der Waals surface area contributed by atoms with E-state index in [1.807, 2.05) is 37.3 Å². The Morgan fingerprint density at radius 1 is 1.17 bits per heavy atom. The standard InChI is InChI=1S/C21H23NO6S/c1-15-8-10-18(11-9-15)29(24,25)27-13-12-20(28-16(2)23)19-14-26-21(22-19)17-6-4-3-5-7-17/h3-11,19-20H,12-14H2,1-2H3/t19-,20+/m0/s1. The van der Waals surface area contributed by atoms with Crippen molar-refractivity contribution in [1.82, 2.24) is 0 Å². The van der Waals surface area contributed by atoms with Crippen LogP contribution in [0, 0.1) is 6.92 Å². The van der Waals surface area contributed by atoms with Crippen LogP contribution in [0.5, 0.6) is 0 Å². The number of carbonyl (C=O) groups excluding carboxylic acids is 1. The average Bonchev–Trinajstić information content (AvgIpc) is 3.18. The van der Waals surface area contributed by atoms with Crippen LogP contribution in [0.4, 0.5) is 0 Å². The van der Waals surface area contributed by atoms with Gasteiger partial charge in [0, 0.05) is 18.9 Å². The first-order chi connectivity index (χ1) is 13.8. The number of aryl methyl sites for hydroxylation is 1. The van der Waals surface area contributed by atoms with Crippen molar-refractivity contribution >= 4 is 22.0 Å². The molecule has 2 atom stereocenters. The lowest BCUT2D eigenvalue weighted by Crippen LogP contribution is -2.32. The Balaban J connectivity index is 1.65. The molecule has 0 amide bonds. The molecule has 1 aliphatic heterocycles. The third-order valence-electron chi connectivity index (χ3n) is 4.39. The molecule has 0 saturated carbocycles. The van der Waals surface area contributed by atoms with Gasteiger partial charge >= 0.3 is 5.97 Å². The Morgan fingerprint density at radius 3 is 2.52 bits per heavy atom. The molecular weight excluding hydrogens is 394 g/mol. The molecule has 0 aliphatic carbocycles. The van der Waals surface area contributed by atoms with E-state index in [1.165, 1.54) is 19.1 Å². The highest BCUT2D eigenvalue weighted by atomic mass is 32.2. The summed E-state index contributed by atoms with van der Waals surface area (Å²) in [6.07, 6.45) is -0.480. The number of aliphatic imine (C=N–C) groups is 1. The van der Waals surface area contributed by atoms with Gasteiger partial charge in [-0.2, -0.15) is 8.42 Å². The van der Waals surface area contributed by atoms with Gasteiger partial charge in [0.2, 0.25) is 5.90 Å². The molecule has 29 heavy (non-hydrogen) atoms. The van der Waals surface area contributed by atoms with Crippen LogP contribution in [0.3, 0.4) is 0 Å². The van der Waals surface area contributed by atoms with Gasteiger partial charge in [-0.3, -0.25) is 8.98 Å². The van der Waals surface area contributed by atoms with Crippen LogP contribution in [0.2, 0.25) is 0 Å². The van der Waals surface area contributed by atoms with Crippen molar-refractivity contribution in [3.05, 3.63) is 65.7 Å². The first-order valence-corrected chi connectivity index (χ1v) is 10.7. The van der Waals surface area contributed by atoms with E-state index < -0.39 is 28.2 Å². The minimum atomic E-state index is -3.89. The molecule has 0 saturated heterocycles. The number of benzene rings is 2. The van der Waals surface area contributed by atoms with Gasteiger partial charge in [0.15, 0.2) is 0 Å². The van der Waals surface area contributed by atoms with Crippen LogP contribution < -0.4 is 0 Å². The molecule has 154 valence electrons. The molecule has 0 fully saturated rings. The van der Waals surface area contributed by atoms with Gasteiger partial charge in [-0.1, -0.05) is 35.9 Å². The zero-order valence-corrected chi connectivity index (χ0v) is 17.1. The second-order valence-electron chi connectivity index (χ2n) is 6.70. The van der Waals surface area contributed by atoms with Gasteiger partial charge in [0.05, 0.1) is 11.5 Å². The van der Waals surface area contributed by atoms with Crippen molar-refractivity contribution in [3.8, 4) is 0 Å². The Bertz CT molecular complexity index is 970. The lowest BCUT2D eigenvalue weighted by atomic mass is 10.1. The Morgan fingerprint density at radius 2 is 1.86 bits per heavy atom. The van der Waals surface area contributed by atoms with E-state index in [9.17, 15) is 13.2 Å². The molecule has 0 spiro atoms. The quantitative estimate of drug-likeness (QED) is 0.485. The molecule has 2 aromatic rings. The first kappa shape index (κ1) is 21.0. The van der Waals surface area contributed by atoms with E-state index in [2.05, 4.69) is 4.99 Å². The van der Waals surface area contributed by atoms with Crippen LogP contribution in [0.1, 0.15) is 24.5 Å². The van der Waals surface area contributed by atoms with Crippen molar-refractivity contribution in [1.29, 1.82) is 0 Å². The van der Waals surface area contributed by atoms with Crippen LogP contribution in [0.15, 0.2) is 64.5 Å². The fourth-order valence-corrected chi connectivity index (χ4v) is 3.83. The maximum atomic E-state index is 12.3. The van der Waals surface area contributed by atoms with Gasteiger partial charge in [0.25, 0.3) is 10.1 Å². The summed E-state index contributed by atoms with van der Waals surface area (Å²) < 4.78 is 40.8. The van der Waals surface area contributed by atoms with Crippen molar-refractivity contribution in [2.75, 3.05) is 13.2 Å². The summed E-state index contributed by atoms with van der Waals surface area (Å²) in [7, 11) is -3.89. The molecule has 3 rings (SSSR count). The maximum absolute atomic E-state index is 12.3. The topological polar surface area (TPSA) is 91.3 Å². The average molecular weight is 417 g/mol. The maximum Gasteiger partial charge on any atom is 0.302 e. The fourth-order valence-electron chi connectivity index (χ4n) is 2.91. The first-order valence-electron chi connectivity index (χ1n) is 9.24. The largest absolute Gasteiger partial charge is 0.475 e. The fraction of sp³-hybridized carbons (Fsp3) is 0.333. The molecule has 1 aliphatic rings. The molecule has 2 aromatic carbocycles. The van der Waals surface area contributed by atoms with E-state index >= 15 is 0 Å². The Kier molecular flexibility index (Phi) is 6.66. The van der Waals surface area contributed by atoms with E-state index in [1.54, 1.807) is 12.1 Å². The van der Waals surface area contributed by atoms with E-state index in [0.29, 0.717) is 5.90 Å². The summed E-state index contributed by atoms with van der Waals surface area (Å²) in [5, 5.41) is 0. The minimum absolute atomic E-state index is 0.0840. The molecule has 0 aromatic heterocycles. The summed E-state index contributed by atoms with van der Waals surface area (Å²) in [5.74, 6) is 0.000648. The number of hydrogen-bond donors (Lipinski definition) is 0. The molecule has 0 unspecified atom stereocenters. The lowest BCUT2D eigenvalue weighted by Gasteiger charge is -2.20. The van der Waals surface area contributed by atoms with Crippen molar-refractivity contribution in [2.24, 2.45) is 4.99 Å². The van der Waals surface area contributed by atoms with Gasteiger partial charge in [-0.05, 0) is 31.2 Å². The highest BCUT2D eigenvalue weighted by Gasteiger charge is 2.31. The van der Waals surface area contributed by atoms with Crippen LogP contribution in [-0.4, -0.2) is 45.6 Å². The molecule has 1 heterocycles. The second kappa shape index (κ2) is 9.19. The third kappa shape index (κ3) is 5.65. The van der Waals surface area contributed by atoms with Gasteiger partial charge < -0.3 is 9.47 Å². The highest BCUT2D eigenvalue weighted by molar-refractivity contribution is 7.86. The van der Waals surface area contributed by atoms with Crippen molar-refractivity contribution in [3.63, 3.8) is 0 Å². The highest BCUT2D eigenvalue weighted by Crippen LogP contribution is 2.20. The zero-order chi connectivity index (χ0) is 20.9. The Hall–Kier alpha value is -2.71. The molecule has 0 N–H and O–H groups in total. The number of esters is 1. The summed E-state index contributed by atoms with van der Waals surface area (Å²) in [6.45, 7) is 3.27. The molecule has 7 nitrogen and oxygen atoms in total. The summed E-state index contributed by atoms with van der Waals surface area (Å²) >= 11 is 0. The minimum Gasteiger partial charge on any atom is -0.475 e. The predicted octanol–water partition coefficient (Wildman–Crippen LogP) is 2.87. The summed E-state index contributed by atoms with van der Waals surface area (Å²) in [5.41, 5.74) is 1.78. The number of carbonyl (C=O) groups is 1. The number of nitrogens with zero attached hydrogens (tertiary/aromatic N) is 1. The summed E-state index contributed by atoms with van der Waals surface area (Å²) in [4.78, 5) is 16.1. The Labute approximate surface area is 170 Å². The van der Waals surface area contributed by atoms with Crippen LogP contribution >= 0.6 is 0 Å². The van der Waals surface area contributed by atoms with Crippen molar-refractivity contribution in [2.45, 2.75) is 37.3 Å². The van der Waals surface area contributed by atoms with Crippen LogP contribution in [-0.2, 0) is 28.6 Å². The van der Waals surface area contributed by atoms with E-state index in [-0.39, 0.29) is 24.5 Å². The number of hydrogen-bond acceptors (Lipinski definition) is 7. The van der Waals surface area contributed by atoms with Gasteiger partial charge in [0.1, 0.15) is 18.8 Å². The second-order valence-corrected chi connectivity index (χ2v) is 8.32. The molecule has 0 radical (unpaired) electrons. The smallest absolute Gasteiger partial charge is 0.302 e. The van der Waals surface area contributed by atoms with Crippen LogP contribution in [0.25, 0.3) is 0 Å². The number of ether oxygens (including phenoxy) is 2. The van der Waals surface area contributed by atoms with E-state index in [0.717, 1.165) is 11.1 Å². The molecule has 8 heteroatoms. The van der Waals surface area contributed by atoms with Gasteiger partial charge in [-0.25, -0.2) is 4.99 Å². The third-order valence-corrected chi connectivity index (χ3v) is 5.72. The molecular formula is C21H23NO6S. The zero-order valence-electron chi connectivity index (χ0n) is 16.3. The van der Waals surface area contributed by atoms with E-state index in [4.69, 9.17) is 13.7 Å². The van der Waals surface area contributed by atoms with Gasteiger partial charge in [-0.15, -0.1) is 0 Å².